The summed E-state index contributed by atoms with van der Waals surface area (Å²) in [4.78, 5) is 14.9. The zero-order valence-corrected chi connectivity index (χ0v) is 11.9. The molecule has 3 N–H and O–H groups in total. The number of carbonyl (C=O) groups is 1. The number of aromatic nitrogens is 1. The molecule has 0 fully saturated rings. The molecule has 22 heavy (non-hydrogen) atoms. The molecule has 0 saturated carbocycles. The molecule has 0 aliphatic heterocycles. The van der Waals surface area contributed by atoms with Crippen molar-refractivity contribution in [1.29, 1.82) is 0 Å². The Kier molecular flexibility index (Phi) is 3.92. The fourth-order valence-electron chi connectivity index (χ4n) is 2.24. The van der Waals surface area contributed by atoms with Crippen LogP contribution in [0, 0.1) is 0 Å². The number of phenolic OH excluding ortho intramolecular Hbond substituents is 1. The van der Waals surface area contributed by atoms with Gasteiger partial charge < -0.3 is 15.4 Å². The maximum absolute atomic E-state index is 11.8. The first-order valence-electron chi connectivity index (χ1n) is 7.02. The summed E-state index contributed by atoms with van der Waals surface area (Å²) in [5.41, 5.74) is 2.71. The summed E-state index contributed by atoms with van der Waals surface area (Å²) >= 11 is 0. The summed E-state index contributed by atoms with van der Waals surface area (Å²) in [7, 11) is 0. The number of hydrogen-bond donors (Lipinski definition) is 3. The quantitative estimate of drug-likeness (QED) is 0.646. The number of aromatic amines is 1. The molecule has 4 heteroatoms. The Hall–Kier alpha value is -3.01. The monoisotopic (exact) mass is 292 g/mol. The van der Waals surface area contributed by atoms with Gasteiger partial charge in [0.25, 0.3) is 0 Å². The first-order chi connectivity index (χ1) is 10.7. The highest BCUT2D eigenvalue weighted by molar-refractivity contribution is 5.92. The number of amides is 1. The lowest BCUT2D eigenvalue weighted by molar-refractivity contribution is -0.116. The summed E-state index contributed by atoms with van der Waals surface area (Å²) in [5, 5.41) is 13.3. The van der Waals surface area contributed by atoms with Crippen LogP contribution < -0.4 is 5.32 Å². The number of phenols is 1. The largest absolute Gasteiger partial charge is 0.508 e. The number of aromatic hydroxyl groups is 1. The van der Waals surface area contributed by atoms with E-state index in [-0.39, 0.29) is 11.7 Å². The molecule has 0 saturated heterocycles. The van der Waals surface area contributed by atoms with E-state index in [0.29, 0.717) is 6.54 Å². The van der Waals surface area contributed by atoms with Gasteiger partial charge in [0, 0.05) is 35.3 Å². The Labute approximate surface area is 128 Å². The van der Waals surface area contributed by atoms with Crippen LogP contribution in [0.25, 0.3) is 17.0 Å². The van der Waals surface area contributed by atoms with Gasteiger partial charge in [-0.1, -0.05) is 30.3 Å². The van der Waals surface area contributed by atoms with E-state index in [2.05, 4.69) is 10.3 Å². The highest BCUT2D eigenvalue weighted by atomic mass is 16.3. The Morgan fingerprint density at radius 2 is 1.95 bits per heavy atom. The van der Waals surface area contributed by atoms with Crippen LogP contribution >= 0.6 is 0 Å². The average Bonchev–Trinajstić information content (AvgIpc) is 2.94. The van der Waals surface area contributed by atoms with Crippen molar-refractivity contribution in [2.45, 2.75) is 6.54 Å². The first kappa shape index (κ1) is 13.9. The van der Waals surface area contributed by atoms with Crippen LogP contribution in [0.3, 0.4) is 0 Å². The van der Waals surface area contributed by atoms with E-state index < -0.39 is 0 Å². The number of fused-ring (bicyclic) bond motifs is 1. The maximum Gasteiger partial charge on any atom is 0.244 e. The van der Waals surface area contributed by atoms with Crippen LogP contribution in [-0.4, -0.2) is 16.0 Å². The van der Waals surface area contributed by atoms with Crippen molar-refractivity contribution in [3.8, 4) is 5.75 Å². The Balaban J connectivity index is 1.63. The smallest absolute Gasteiger partial charge is 0.244 e. The average molecular weight is 292 g/mol. The van der Waals surface area contributed by atoms with Crippen LogP contribution in [-0.2, 0) is 11.3 Å². The molecule has 0 spiro atoms. The lowest BCUT2D eigenvalue weighted by atomic mass is 10.2. The van der Waals surface area contributed by atoms with Gasteiger partial charge >= 0.3 is 0 Å². The molecule has 4 nitrogen and oxygen atoms in total. The Morgan fingerprint density at radius 1 is 1.14 bits per heavy atom. The summed E-state index contributed by atoms with van der Waals surface area (Å²) in [6.07, 6.45) is 3.21. The fourth-order valence-corrected chi connectivity index (χ4v) is 2.24. The van der Waals surface area contributed by atoms with Crippen molar-refractivity contribution in [2.24, 2.45) is 0 Å². The molecule has 1 amide bonds. The standard InChI is InChI=1S/C18H16N2O2/c21-16-8-6-14-10-15(20-17(14)11-16)7-9-18(22)19-12-13-4-2-1-3-5-13/h1-11,20-21H,12H2,(H,19,22)/b9-7+. The molecular weight excluding hydrogens is 276 g/mol. The van der Waals surface area contributed by atoms with Crippen LogP contribution in [0.4, 0.5) is 0 Å². The molecule has 2 aromatic carbocycles. The van der Waals surface area contributed by atoms with Crippen LogP contribution in [0.15, 0.2) is 60.7 Å². The molecule has 110 valence electrons. The minimum atomic E-state index is -0.148. The highest BCUT2D eigenvalue weighted by Gasteiger charge is 2.00. The van der Waals surface area contributed by atoms with Crippen molar-refractivity contribution in [3.63, 3.8) is 0 Å². The van der Waals surface area contributed by atoms with Crippen LogP contribution in [0.1, 0.15) is 11.3 Å². The summed E-state index contributed by atoms with van der Waals surface area (Å²) < 4.78 is 0. The lowest BCUT2D eigenvalue weighted by Crippen LogP contribution is -2.20. The molecule has 3 aromatic rings. The fraction of sp³-hybridized carbons (Fsp3) is 0.0556. The van der Waals surface area contributed by atoms with Crippen LogP contribution in [0.2, 0.25) is 0 Å². The number of rotatable bonds is 4. The zero-order chi connectivity index (χ0) is 15.4. The summed E-state index contributed by atoms with van der Waals surface area (Å²) in [5.74, 6) is 0.0656. The van der Waals surface area contributed by atoms with E-state index in [1.165, 1.54) is 6.08 Å². The third-order valence-corrected chi connectivity index (χ3v) is 3.35. The van der Waals surface area contributed by atoms with Gasteiger partial charge in [0.1, 0.15) is 5.75 Å². The van der Waals surface area contributed by atoms with Gasteiger partial charge in [-0.15, -0.1) is 0 Å². The van der Waals surface area contributed by atoms with Crippen molar-refractivity contribution in [1.82, 2.24) is 10.3 Å². The van der Waals surface area contributed by atoms with Crippen molar-refractivity contribution < 1.29 is 9.90 Å². The van der Waals surface area contributed by atoms with Crippen molar-refractivity contribution in [2.75, 3.05) is 0 Å². The minimum absolute atomic E-state index is 0.148. The summed E-state index contributed by atoms with van der Waals surface area (Å²) in [6, 6.07) is 16.8. The third-order valence-electron chi connectivity index (χ3n) is 3.35. The van der Waals surface area contributed by atoms with E-state index in [4.69, 9.17) is 0 Å². The van der Waals surface area contributed by atoms with E-state index in [1.807, 2.05) is 42.5 Å². The van der Waals surface area contributed by atoms with Gasteiger partial charge in [0.05, 0.1) is 0 Å². The number of hydrogen-bond acceptors (Lipinski definition) is 2. The SMILES string of the molecule is O=C(/C=C/c1cc2ccc(O)cc2[nH]1)NCc1ccccc1. The second-order valence-corrected chi connectivity index (χ2v) is 5.03. The normalized spacial score (nSPS) is 11.1. The lowest BCUT2D eigenvalue weighted by Gasteiger charge is -2.01. The number of nitrogens with one attached hydrogen (secondary N) is 2. The summed E-state index contributed by atoms with van der Waals surface area (Å²) in [6.45, 7) is 0.505. The molecule has 0 atom stereocenters. The van der Waals surface area contributed by atoms with Crippen molar-refractivity contribution >= 4 is 22.9 Å². The molecule has 0 radical (unpaired) electrons. The molecule has 1 heterocycles. The number of H-pyrrole nitrogens is 1. The van der Waals surface area contributed by atoms with Gasteiger partial charge in [-0.2, -0.15) is 0 Å². The predicted molar refractivity (Wildman–Crippen MR) is 87.3 cm³/mol. The van der Waals surface area contributed by atoms with E-state index in [0.717, 1.165) is 22.2 Å². The number of carbonyl (C=O) groups excluding carboxylic acids is 1. The van der Waals surface area contributed by atoms with Gasteiger partial charge in [-0.05, 0) is 29.8 Å². The second-order valence-electron chi connectivity index (χ2n) is 5.03. The first-order valence-corrected chi connectivity index (χ1v) is 7.02. The van der Waals surface area contributed by atoms with Gasteiger partial charge in [-0.25, -0.2) is 0 Å². The van der Waals surface area contributed by atoms with Crippen LogP contribution in [0.5, 0.6) is 5.75 Å². The zero-order valence-electron chi connectivity index (χ0n) is 11.9. The second kappa shape index (κ2) is 6.18. The molecule has 0 aliphatic carbocycles. The number of benzene rings is 2. The molecule has 0 unspecified atom stereocenters. The predicted octanol–water partition coefficient (Wildman–Crippen LogP) is 3.20. The van der Waals surface area contributed by atoms with Gasteiger partial charge in [-0.3, -0.25) is 4.79 Å². The topological polar surface area (TPSA) is 65.1 Å². The molecule has 0 bridgehead atoms. The molecule has 3 rings (SSSR count). The minimum Gasteiger partial charge on any atom is -0.508 e. The molecule has 0 aliphatic rings. The molecular formula is C18H16N2O2. The van der Waals surface area contributed by atoms with E-state index in [9.17, 15) is 9.90 Å². The Bertz CT molecular complexity index is 819. The van der Waals surface area contributed by atoms with Gasteiger partial charge in [0.15, 0.2) is 0 Å². The van der Waals surface area contributed by atoms with Gasteiger partial charge in [0.2, 0.25) is 5.91 Å². The molecule has 1 aromatic heterocycles. The van der Waals surface area contributed by atoms with Crippen molar-refractivity contribution in [3.05, 3.63) is 71.9 Å². The maximum atomic E-state index is 11.8. The Morgan fingerprint density at radius 3 is 2.77 bits per heavy atom. The highest BCUT2D eigenvalue weighted by Crippen LogP contribution is 2.20. The third kappa shape index (κ3) is 3.35. The van der Waals surface area contributed by atoms with E-state index in [1.54, 1.807) is 18.2 Å². The van der Waals surface area contributed by atoms with E-state index >= 15 is 0 Å².